The summed E-state index contributed by atoms with van der Waals surface area (Å²) in [6.07, 6.45) is 0.476. The summed E-state index contributed by atoms with van der Waals surface area (Å²) in [6.45, 7) is 3.80. The number of rotatable bonds is 6. The lowest BCUT2D eigenvalue weighted by atomic mass is 10.1. The Morgan fingerprint density at radius 2 is 1.79 bits per heavy atom. The molecule has 4 nitrogen and oxygen atoms in total. The Morgan fingerprint density at radius 1 is 1.08 bits per heavy atom. The third-order valence-electron chi connectivity index (χ3n) is 3.68. The maximum absolute atomic E-state index is 12.5. The standard InChI is InChI=1S/C17H19Cl2NO3S/c1-11-9-17(12(2)8-16(11)23-3)24(21,22)20-7-6-13-4-5-14(18)10-15(13)19/h4-5,8-10,20H,6-7H2,1-3H3. The first kappa shape index (κ1) is 19.1. The summed E-state index contributed by atoms with van der Waals surface area (Å²) in [6, 6.07) is 8.51. The van der Waals surface area contributed by atoms with Gasteiger partial charge in [-0.05, 0) is 61.2 Å². The van der Waals surface area contributed by atoms with Gasteiger partial charge in [0, 0.05) is 16.6 Å². The molecule has 24 heavy (non-hydrogen) atoms. The van der Waals surface area contributed by atoms with Gasteiger partial charge in [-0.3, -0.25) is 0 Å². The molecule has 0 atom stereocenters. The zero-order chi connectivity index (χ0) is 17.9. The summed E-state index contributed by atoms with van der Waals surface area (Å²) in [7, 11) is -2.04. The predicted octanol–water partition coefficient (Wildman–Crippen LogP) is 4.14. The second kappa shape index (κ2) is 7.74. The minimum absolute atomic E-state index is 0.244. The maximum Gasteiger partial charge on any atom is 0.240 e. The number of aryl methyl sites for hydroxylation is 2. The highest BCUT2D eigenvalue weighted by Gasteiger charge is 2.18. The fraction of sp³-hybridized carbons (Fsp3) is 0.294. The van der Waals surface area contributed by atoms with E-state index in [2.05, 4.69) is 4.72 Å². The van der Waals surface area contributed by atoms with Gasteiger partial charge >= 0.3 is 0 Å². The number of methoxy groups -OCH3 is 1. The van der Waals surface area contributed by atoms with E-state index in [0.29, 0.717) is 27.8 Å². The van der Waals surface area contributed by atoms with Gasteiger partial charge in [0.1, 0.15) is 5.75 Å². The molecule has 0 aliphatic rings. The number of nitrogens with one attached hydrogen (secondary N) is 1. The summed E-state index contributed by atoms with van der Waals surface area (Å²) in [5.41, 5.74) is 2.24. The molecule has 0 aliphatic heterocycles. The van der Waals surface area contributed by atoms with Gasteiger partial charge in [-0.25, -0.2) is 13.1 Å². The number of halogens is 2. The monoisotopic (exact) mass is 387 g/mol. The molecule has 0 radical (unpaired) electrons. The molecule has 130 valence electrons. The van der Waals surface area contributed by atoms with Crippen molar-refractivity contribution in [2.24, 2.45) is 0 Å². The number of hydrogen-bond donors (Lipinski definition) is 1. The Kier molecular flexibility index (Phi) is 6.15. The second-order valence-corrected chi connectivity index (χ2v) is 8.05. The van der Waals surface area contributed by atoms with Crippen LogP contribution in [-0.2, 0) is 16.4 Å². The molecule has 0 unspecified atom stereocenters. The van der Waals surface area contributed by atoms with Crippen molar-refractivity contribution in [3.8, 4) is 5.75 Å². The molecule has 0 bridgehead atoms. The van der Waals surface area contributed by atoms with Gasteiger partial charge in [-0.15, -0.1) is 0 Å². The average Bonchev–Trinajstić information content (AvgIpc) is 2.51. The first-order valence-electron chi connectivity index (χ1n) is 7.33. The molecule has 0 amide bonds. The maximum atomic E-state index is 12.5. The lowest BCUT2D eigenvalue weighted by Gasteiger charge is -2.13. The third-order valence-corrected chi connectivity index (χ3v) is 5.87. The first-order chi connectivity index (χ1) is 11.2. The zero-order valence-corrected chi connectivity index (χ0v) is 16.0. The Labute approximate surface area is 152 Å². The van der Waals surface area contributed by atoms with Crippen LogP contribution in [0, 0.1) is 13.8 Å². The SMILES string of the molecule is COc1cc(C)c(S(=O)(=O)NCCc2ccc(Cl)cc2Cl)cc1C. The van der Waals surface area contributed by atoms with Crippen LogP contribution in [0.15, 0.2) is 35.2 Å². The van der Waals surface area contributed by atoms with E-state index in [1.807, 2.05) is 6.92 Å². The lowest BCUT2D eigenvalue weighted by Crippen LogP contribution is -2.26. The van der Waals surface area contributed by atoms with Crippen molar-refractivity contribution < 1.29 is 13.2 Å². The van der Waals surface area contributed by atoms with Crippen LogP contribution < -0.4 is 9.46 Å². The van der Waals surface area contributed by atoms with E-state index < -0.39 is 10.0 Å². The molecule has 0 heterocycles. The summed E-state index contributed by atoms with van der Waals surface area (Å²) in [4.78, 5) is 0.253. The highest BCUT2D eigenvalue weighted by atomic mass is 35.5. The molecular formula is C17H19Cl2NO3S. The Bertz CT molecular complexity index is 851. The molecule has 2 rings (SSSR count). The van der Waals surface area contributed by atoms with E-state index in [-0.39, 0.29) is 11.4 Å². The quantitative estimate of drug-likeness (QED) is 0.809. The van der Waals surface area contributed by atoms with Gasteiger partial charge in [0.2, 0.25) is 10.0 Å². The molecule has 0 aromatic heterocycles. The summed E-state index contributed by atoms with van der Waals surface area (Å²) in [5, 5.41) is 1.08. The first-order valence-corrected chi connectivity index (χ1v) is 9.57. The van der Waals surface area contributed by atoms with Crippen LogP contribution in [0.25, 0.3) is 0 Å². The van der Waals surface area contributed by atoms with Gasteiger partial charge in [-0.2, -0.15) is 0 Å². The second-order valence-electron chi connectivity index (χ2n) is 5.47. The van der Waals surface area contributed by atoms with Crippen molar-refractivity contribution in [2.45, 2.75) is 25.2 Å². The summed E-state index contributed by atoms with van der Waals surface area (Å²) in [5.74, 6) is 0.666. The lowest BCUT2D eigenvalue weighted by molar-refractivity contribution is 0.411. The van der Waals surface area contributed by atoms with Crippen LogP contribution in [0.1, 0.15) is 16.7 Å². The molecule has 0 saturated carbocycles. The van der Waals surface area contributed by atoms with E-state index in [1.165, 1.54) is 0 Å². The van der Waals surface area contributed by atoms with Crippen molar-refractivity contribution in [2.75, 3.05) is 13.7 Å². The van der Waals surface area contributed by atoms with Gasteiger partial charge in [0.15, 0.2) is 0 Å². The molecule has 0 fully saturated rings. The molecule has 0 spiro atoms. The van der Waals surface area contributed by atoms with Crippen LogP contribution >= 0.6 is 23.2 Å². The highest BCUT2D eigenvalue weighted by molar-refractivity contribution is 7.89. The molecule has 7 heteroatoms. The van der Waals surface area contributed by atoms with Crippen LogP contribution in [0.2, 0.25) is 10.0 Å². The van der Waals surface area contributed by atoms with Gasteiger partial charge in [0.25, 0.3) is 0 Å². The fourth-order valence-electron chi connectivity index (χ4n) is 2.39. The van der Waals surface area contributed by atoms with Crippen LogP contribution in [0.5, 0.6) is 5.75 Å². The molecular weight excluding hydrogens is 369 g/mol. The normalized spacial score (nSPS) is 11.5. The van der Waals surface area contributed by atoms with E-state index in [1.54, 1.807) is 44.4 Å². The van der Waals surface area contributed by atoms with Crippen molar-refractivity contribution >= 4 is 33.2 Å². The largest absolute Gasteiger partial charge is 0.496 e. The number of hydrogen-bond acceptors (Lipinski definition) is 3. The van der Waals surface area contributed by atoms with E-state index >= 15 is 0 Å². The molecule has 0 saturated heterocycles. The Morgan fingerprint density at radius 3 is 2.42 bits per heavy atom. The zero-order valence-electron chi connectivity index (χ0n) is 13.7. The van der Waals surface area contributed by atoms with Crippen LogP contribution in [0.3, 0.4) is 0 Å². The van der Waals surface area contributed by atoms with Crippen LogP contribution in [0.4, 0.5) is 0 Å². The van der Waals surface area contributed by atoms with Crippen molar-refractivity contribution in [3.63, 3.8) is 0 Å². The predicted molar refractivity (Wildman–Crippen MR) is 97.8 cm³/mol. The topological polar surface area (TPSA) is 55.4 Å². The van der Waals surface area contributed by atoms with E-state index in [0.717, 1.165) is 11.1 Å². The summed E-state index contributed by atoms with van der Waals surface area (Å²) >= 11 is 12.0. The van der Waals surface area contributed by atoms with E-state index in [9.17, 15) is 8.42 Å². The number of sulfonamides is 1. The van der Waals surface area contributed by atoms with Crippen LogP contribution in [-0.4, -0.2) is 22.1 Å². The van der Waals surface area contributed by atoms with Gasteiger partial charge < -0.3 is 4.74 Å². The van der Waals surface area contributed by atoms with E-state index in [4.69, 9.17) is 27.9 Å². The van der Waals surface area contributed by atoms with Gasteiger partial charge in [0.05, 0.1) is 12.0 Å². The molecule has 2 aromatic carbocycles. The number of ether oxygens (including phenoxy) is 1. The van der Waals surface area contributed by atoms with Crippen molar-refractivity contribution in [1.82, 2.24) is 4.72 Å². The van der Waals surface area contributed by atoms with Crippen molar-refractivity contribution in [3.05, 3.63) is 57.1 Å². The summed E-state index contributed by atoms with van der Waals surface area (Å²) < 4.78 is 32.9. The molecule has 2 aromatic rings. The number of benzene rings is 2. The minimum atomic E-state index is -3.60. The van der Waals surface area contributed by atoms with Crippen molar-refractivity contribution in [1.29, 1.82) is 0 Å². The minimum Gasteiger partial charge on any atom is -0.496 e. The smallest absolute Gasteiger partial charge is 0.240 e. The molecule has 0 aliphatic carbocycles. The third kappa shape index (κ3) is 4.42. The fourth-order valence-corrected chi connectivity index (χ4v) is 4.24. The van der Waals surface area contributed by atoms with Gasteiger partial charge in [-0.1, -0.05) is 29.3 Å². The Balaban J connectivity index is 2.13. The Hall–Kier alpha value is -1.27. The highest BCUT2D eigenvalue weighted by Crippen LogP contribution is 2.26. The molecule has 1 N–H and O–H groups in total. The average molecular weight is 388 g/mol.